The summed E-state index contributed by atoms with van der Waals surface area (Å²) in [7, 11) is 1.63. The van der Waals surface area contributed by atoms with Gasteiger partial charge in [0, 0.05) is 37.5 Å². The van der Waals surface area contributed by atoms with Gasteiger partial charge in [0.05, 0.1) is 20.3 Å². The van der Waals surface area contributed by atoms with E-state index in [4.69, 9.17) is 14.2 Å². The third kappa shape index (κ3) is 5.45. The van der Waals surface area contributed by atoms with Crippen molar-refractivity contribution in [1.82, 2.24) is 9.88 Å². The molecule has 2 aromatic carbocycles. The van der Waals surface area contributed by atoms with Gasteiger partial charge in [0.2, 0.25) is 0 Å². The molecule has 1 aromatic heterocycles. The van der Waals surface area contributed by atoms with Gasteiger partial charge in [0.1, 0.15) is 6.10 Å². The van der Waals surface area contributed by atoms with Crippen LogP contribution in [0.1, 0.15) is 33.5 Å². The Kier molecular flexibility index (Phi) is 7.02. The molecule has 0 spiro atoms. The number of pyridine rings is 1. The van der Waals surface area contributed by atoms with Crippen molar-refractivity contribution in [3.63, 3.8) is 0 Å². The van der Waals surface area contributed by atoms with E-state index in [1.807, 2.05) is 66.4 Å². The van der Waals surface area contributed by atoms with Gasteiger partial charge in [-0.15, -0.1) is 0 Å². The fourth-order valence-corrected chi connectivity index (χ4v) is 3.70. The van der Waals surface area contributed by atoms with Crippen molar-refractivity contribution in [3.8, 4) is 11.5 Å². The highest BCUT2D eigenvalue weighted by Gasteiger charge is 2.21. The maximum absolute atomic E-state index is 13.4. The van der Waals surface area contributed by atoms with E-state index in [-0.39, 0.29) is 12.0 Å². The molecule has 1 atom stereocenters. The molecule has 0 unspecified atom stereocenters. The van der Waals surface area contributed by atoms with E-state index in [1.54, 1.807) is 19.5 Å². The second-order valence-electron chi connectivity index (χ2n) is 7.98. The number of benzene rings is 2. The lowest BCUT2D eigenvalue weighted by Crippen LogP contribution is -2.30. The van der Waals surface area contributed by atoms with Crippen LogP contribution in [-0.2, 0) is 17.8 Å². The van der Waals surface area contributed by atoms with Gasteiger partial charge in [0.25, 0.3) is 5.91 Å². The number of carbonyl (C=O) groups is 1. The minimum absolute atomic E-state index is 0.0312. The van der Waals surface area contributed by atoms with E-state index >= 15 is 0 Å². The van der Waals surface area contributed by atoms with E-state index < -0.39 is 0 Å². The predicted octanol–water partition coefficient (Wildman–Crippen LogP) is 4.41. The van der Waals surface area contributed by atoms with E-state index in [1.165, 1.54) is 0 Å². The highest BCUT2D eigenvalue weighted by Crippen LogP contribution is 2.31. The maximum atomic E-state index is 13.4. The molecule has 3 aromatic rings. The smallest absolute Gasteiger partial charge is 0.254 e. The lowest BCUT2D eigenvalue weighted by Gasteiger charge is -2.24. The van der Waals surface area contributed by atoms with E-state index in [0.29, 0.717) is 36.8 Å². The molecule has 32 heavy (non-hydrogen) atoms. The molecule has 1 amide bonds. The van der Waals surface area contributed by atoms with Crippen LogP contribution >= 0.6 is 0 Å². The van der Waals surface area contributed by atoms with Crippen LogP contribution < -0.4 is 9.47 Å². The Morgan fingerprint density at radius 1 is 1.09 bits per heavy atom. The summed E-state index contributed by atoms with van der Waals surface area (Å²) in [5.74, 6) is 1.31. The summed E-state index contributed by atoms with van der Waals surface area (Å²) in [4.78, 5) is 19.4. The highest BCUT2D eigenvalue weighted by atomic mass is 16.6. The largest absolute Gasteiger partial charge is 0.493 e. The number of hydrogen-bond acceptors (Lipinski definition) is 5. The summed E-state index contributed by atoms with van der Waals surface area (Å²) in [6.45, 7) is 4.21. The van der Waals surface area contributed by atoms with Crippen molar-refractivity contribution in [2.75, 3.05) is 20.3 Å². The molecule has 0 saturated carbocycles. The number of aryl methyl sites for hydroxylation is 1. The number of carbonyl (C=O) groups excluding carboxylic acids is 1. The highest BCUT2D eigenvalue weighted by molar-refractivity contribution is 5.94. The van der Waals surface area contributed by atoms with E-state index in [0.717, 1.165) is 29.7 Å². The maximum Gasteiger partial charge on any atom is 0.254 e. The van der Waals surface area contributed by atoms with Crippen LogP contribution in [0.3, 0.4) is 0 Å². The molecule has 1 saturated heterocycles. The minimum Gasteiger partial charge on any atom is -0.493 e. The van der Waals surface area contributed by atoms with Gasteiger partial charge in [-0.05, 0) is 48.4 Å². The molecule has 166 valence electrons. The quantitative estimate of drug-likeness (QED) is 0.528. The minimum atomic E-state index is -0.0312. The lowest BCUT2D eigenvalue weighted by atomic mass is 10.1. The van der Waals surface area contributed by atoms with Crippen LogP contribution in [0.25, 0.3) is 0 Å². The monoisotopic (exact) mass is 432 g/mol. The molecular formula is C26H28N2O4. The average molecular weight is 433 g/mol. The Labute approximate surface area is 188 Å². The van der Waals surface area contributed by atoms with Gasteiger partial charge in [-0.1, -0.05) is 29.8 Å². The van der Waals surface area contributed by atoms with Crippen molar-refractivity contribution in [2.24, 2.45) is 0 Å². The normalized spacial score (nSPS) is 15.4. The molecule has 0 bridgehead atoms. The first kappa shape index (κ1) is 21.8. The van der Waals surface area contributed by atoms with Gasteiger partial charge in [-0.3, -0.25) is 9.78 Å². The fraction of sp³-hybridized carbons (Fsp3) is 0.308. The van der Waals surface area contributed by atoms with Gasteiger partial charge >= 0.3 is 0 Å². The van der Waals surface area contributed by atoms with Crippen molar-refractivity contribution in [2.45, 2.75) is 32.5 Å². The number of ether oxygens (including phenoxy) is 3. The molecule has 4 rings (SSSR count). The van der Waals surface area contributed by atoms with Gasteiger partial charge in [-0.25, -0.2) is 0 Å². The molecule has 0 radical (unpaired) electrons. The van der Waals surface area contributed by atoms with Crippen molar-refractivity contribution >= 4 is 5.91 Å². The molecule has 1 aliphatic heterocycles. The summed E-state index contributed by atoms with van der Waals surface area (Å²) in [5.41, 5.74) is 3.71. The molecule has 1 fully saturated rings. The number of methoxy groups -OCH3 is 1. The lowest BCUT2D eigenvalue weighted by molar-refractivity contribution is 0.0729. The fourth-order valence-electron chi connectivity index (χ4n) is 3.70. The van der Waals surface area contributed by atoms with E-state index in [9.17, 15) is 4.79 Å². The van der Waals surface area contributed by atoms with Crippen LogP contribution in [0, 0.1) is 6.92 Å². The Bertz CT molecular complexity index is 1030. The third-order valence-corrected chi connectivity index (χ3v) is 5.46. The van der Waals surface area contributed by atoms with Crippen LogP contribution in [0.4, 0.5) is 0 Å². The average Bonchev–Trinajstić information content (AvgIpc) is 3.33. The van der Waals surface area contributed by atoms with Crippen LogP contribution in [0.2, 0.25) is 0 Å². The number of rotatable bonds is 8. The number of nitrogens with zero attached hydrogens (tertiary/aromatic N) is 2. The van der Waals surface area contributed by atoms with Gasteiger partial charge in [0.15, 0.2) is 11.5 Å². The van der Waals surface area contributed by atoms with Crippen molar-refractivity contribution in [3.05, 3.63) is 89.2 Å². The van der Waals surface area contributed by atoms with Crippen molar-refractivity contribution in [1.29, 1.82) is 0 Å². The standard InChI is InChI=1S/C26H28N2O4/c1-19-5-8-22(9-6-19)26(29)28(17-21-4-3-12-27-15-21)16-20-7-10-24(25(14-20)30-2)32-23-11-13-31-18-23/h3-10,12,14-15,23H,11,13,16-18H2,1-2H3/t23-/m0/s1. The second-order valence-corrected chi connectivity index (χ2v) is 7.98. The summed E-state index contributed by atoms with van der Waals surface area (Å²) in [6.07, 6.45) is 4.43. The molecule has 1 aliphatic rings. The second kappa shape index (κ2) is 10.3. The molecule has 0 aliphatic carbocycles. The molecule has 2 heterocycles. The van der Waals surface area contributed by atoms with Crippen LogP contribution in [0.5, 0.6) is 11.5 Å². The molecule has 6 nitrogen and oxygen atoms in total. The first-order valence-corrected chi connectivity index (χ1v) is 10.8. The zero-order valence-electron chi connectivity index (χ0n) is 18.5. The summed E-state index contributed by atoms with van der Waals surface area (Å²) >= 11 is 0. The molecule has 6 heteroatoms. The van der Waals surface area contributed by atoms with Crippen LogP contribution in [-0.4, -0.2) is 42.2 Å². The van der Waals surface area contributed by atoms with E-state index in [2.05, 4.69) is 4.98 Å². The Balaban J connectivity index is 1.56. The van der Waals surface area contributed by atoms with Crippen LogP contribution in [0.15, 0.2) is 67.0 Å². The zero-order valence-corrected chi connectivity index (χ0v) is 18.5. The summed E-state index contributed by atoms with van der Waals surface area (Å²) < 4.78 is 17.0. The first-order chi connectivity index (χ1) is 15.6. The van der Waals surface area contributed by atoms with Gasteiger partial charge < -0.3 is 19.1 Å². The Morgan fingerprint density at radius 3 is 2.59 bits per heavy atom. The number of hydrogen-bond donors (Lipinski definition) is 0. The molecular weight excluding hydrogens is 404 g/mol. The summed E-state index contributed by atoms with van der Waals surface area (Å²) in [6, 6.07) is 17.3. The van der Waals surface area contributed by atoms with Crippen molar-refractivity contribution < 1.29 is 19.0 Å². The Morgan fingerprint density at radius 2 is 1.91 bits per heavy atom. The predicted molar refractivity (Wildman–Crippen MR) is 122 cm³/mol. The zero-order chi connectivity index (χ0) is 22.3. The third-order valence-electron chi connectivity index (χ3n) is 5.46. The number of aromatic nitrogens is 1. The Hall–Kier alpha value is -3.38. The summed E-state index contributed by atoms with van der Waals surface area (Å²) in [5, 5.41) is 0. The molecule has 0 N–H and O–H groups in total. The SMILES string of the molecule is COc1cc(CN(Cc2cccnc2)C(=O)c2ccc(C)cc2)ccc1O[C@H]1CCOC1. The topological polar surface area (TPSA) is 60.9 Å². The first-order valence-electron chi connectivity index (χ1n) is 10.8. The van der Waals surface area contributed by atoms with Gasteiger partial charge in [-0.2, -0.15) is 0 Å². The number of amides is 1.